The van der Waals surface area contributed by atoms with Gasteiger partial charge in [0.05, 0.1) is 26.0 Å². The van der Waals surface area contributed by atoms with Crippen molar-refractivity contribution in [1.82, 2.24) is 19.6 Å². The van der Waals surface area contributed by atoms with Crippen molar-refractivity contribution in [2.45, 2.75) is 25.9 Å². The number of carbonyl (C=O) groups is 1. The minimum absolute atomic E-state index is 0.0737. The fourth-order valence-electron chi connectivity index (χ4n) is 2.86. The molecular weight excluding hydrogens is 312 g/mol. The van der Waals surface area contributed by atoms with Gasteiger partial charge in [-0.2, -0.15) is 0 Å². The van der Waals surface area contributed by atoms with Gasteiger partial charge in [0.2, 0.25) is 5.91 Å². The molecule has 2 aromatic rings. The van der Waals surface area contributed by atoms with Crippen LogP contribution in [0.1, 0.15) is 29.8 Å². The summed E-state index contributed by atoms with van der Waals surface area (Å²) in [6, 6.07) is 1.70. The van der Waals surface area contributed by atoms with Crippen LogP contribution in [-0.4, -0.2) is 52.3 Å². The van der Waals surface area contributed by atoms with Crippen molar-refractivity contribution in [3.63, 3.8) is 0 Å². The number of rotatable bonds is 5. The Bertz CT molecular complexity index is 709. The summed E-state index contributed by atoms with van der Waals surface area (Å²) >= 11 is 0. The molecule has 0 aliphatic carbocycles. The second-order valence-electron chi connectivity index (χ2n) is 5.89. The van der Waals surface area contributed by atoms with Crippen molar-refractivity contribution in [2.75, 3.05) is 26.8 Å². The molecule has 24 heavy (non-hydrogen) atoms. The SMILES string of the molecule is COc1cc(CCC(=O)N2CCOC(c3nc(C)cn3C)C2)on1. The van der Waals surface area contributed by atoms with Crippen molar-refractivity contribution in [3.05, 3.63) is 29.5 Å². The smallest absolute Gasteiger partial charge is 0.254 e. The molecule has 3 heterocycles. The number of ether oxygens (including phenoxy) is 2. The summed E-state index contributed by atoms with van der Waals surface area (Å²) < 4.78 is 17.8. The second-order valence-corrected chi connectivity index (χ2v) is 5.89. The summed E-state index contributed by atoms with van der Waals surface area (Å²) in [5.74, 6) is 1.99. The van der Waals surface area contributed by atoms with Crippen LogP contribution in [0.3, 0.4) is 0 Å². The summed E-state index contributed by atoms with van der Waals surface area (Å²) in [5, 5.41) is 3.74. The molecule has 1 aliphatic rings. The Morgan fingerprint density at radius 1 is 1.50 bits per heavy atom. The first-order valence-electron chi connectivity index (χ1n) is 7.95. The number of imidazole rings is 1. The molecule has 3 rings (SSSR count). The van der Waals surface area contributed by atoms with E-state index in [0.717, 1.165) is 11.5 Å². The van der Waals surface area contributed by atoms with Crippen LogP contribution in [0.15, 0.2) is 16.8 Å². The highest BCUT2D eigenvalue weighted by Crippen LogP contribution is 2.22. The molecule has 0 aromatic carbocycles. The highest BCUT2D eigenvalue weighted by molar-refractivity contribution is 5.76. The number of nitrogens with zero attached hydrogens (tertiary/aromatic N) is 4. The third-order valence-corrected chi connectivity index (χ3v) is 4.07. The van der Waals surface area contributed by atoms with E-state index in [4.69, 9.17) is 14.0 Å². The lowest BCUT2D eigenvalue weighted by atomic mass is 10.2. The van der Waals surface area contributed by atoms with E-state index < -0.39 is 0 Å². The zero-order valence-corrected chi connectivity index (χ0v) is 14.2. The minimum atomic E-state index is -0.188. The summed E-state index contributed by atoms with van der Waals surface area (Å²) in [6.45, 7) is 3.57. The van der Waals surface area contributed by atoms with Gasteiger partial charge in [-0.1, -0.05) is 0 Å². The maximum Gasteiger partial charge on any atom is 0.254 e. The average molecular weight is 334 g/mol. The molecule has 1 saturated heterocycles. The van der Waals surface area contributed by atoms with E-state index in [-0.39, 0.29) is 12.0 Å². The predicted octanol–water partition coefficient (Wildman–Crippen LogP) is 1.26. The van der Waals surface area contributed by atoms with Crippen LogP contribution in [0, 0.1) is 6.92 Å². The van der Waals surface area contributed by atoms with Gasteiger partial charge in [-0.25, -0.2) is 4.98 Å². The Hall–Kier alpha value is -2.35. The Morgan fingerprint density at radius 2 is 2.33 bits per heavy atom. The van der Waals surface area contributed by atoms with E-state index in [1.54, 1.807) is 6.07 Å². The van der Waals surface area contributed by atoms with Crippen molar-refractivity contribution < 1.29 is 18.8 Å². The molecule has 8 heteroatoms. The third-order valence-electron chi connectivity index (χ3n) is 4.07. The van der Waals surface area contributed by atoms with Gasteiger partial charge in [0.25, 0.3) is 5.88 Å². The predicted molar refractivity (Wildman–Crippen MR) is 84.6 cm³/mol. The van der Waals surface area contributed by atoms with Crippen LogP contribution in [0.2, 0.25) is 0 Å². The highest BCUT2D eigenvalue weighted by Gasteiger charge is 2.28. The van der Waals surface area contributed by atoms with Crippen LogP contribution in [-0.2, 0) is 23.0 Å². The number of hydrogen-bond donors (Lipinski definition) is 0. The van der Waals surface area contributed by atoms with Crippen LogP contribution in [0.5, 0.6) is 5.88 Å². The lowest BCUT2D eigenvalue weighted by molar-refractivity contribution is -0.139. The first kappa shape index (κ1) is 16.5. The van der Waals surface area contributed by atoms with Crippen molar-refractivity contribution in [3.8, 4) is 5.88 Å². The lowest BCUT2D eigenvalue weighted by Crippen LogP contribution is -2.42. The van der Waals surface area contributed by atoms with Crippen molar-refractivity contribution in [2.24, 2.45) is 7.05 Å². The summed E-state index contributed by atoms with van der Waals surface area (Å²) in [5.41, 5.74) is 0.943. The number of aryl methyl sites for hydroxylation is 3. The lowest BCUT2D eigenvalue weighted by Gasteiger charge is -2.32. The molecule has 130 valence electrons. The molecule has 1 aliphatic heterocycles. The molecule has 0 bridgehead atoms. The highest BCUT2D eigenvalue weighted by atomic mass is 16.5. The molecular formula is C16H22N4O4. The standard InChI is InChI=1S/C16H22N4O4/c1-11-9-19(2)16(17-11)13-10-20(6-7-23-13)15(21)5-4-12-8-14(22-3)18-24-12/h8-9,13H,4-7,10H2,1-3H3. The Morgan fingerprint density at radius 3 is 3.00 bits per heavy atom. The number of methoxy groups -OCH3 is 1. The molecule has 2 aromatic heterocycles. The summed E-state index contributed by atoms with van der Waals surface area (Å²) in [6.07, 6.45) is 2.63. The monoisotopic (exact) mass is 334 g/mol. The fraction of sp³-hybridized carbons (Fsp3) is 0.562. The third kappa shape index (κ3) is 3.59. The molecule has 0 N–H and O–H groups in total. The first-order valence-corrected chi connectivity index (χ1v) is 7.95. The number of amides is 1. The van der Waals surface area contributed by atoms with Gasteiger partial charge < -0.3 is 23.5 Å². The molecule has 1 unspecified atom stereocenters. The van der Waals surface area contributed by atoms with E-state index in [2.05, 4.69) is 10.1 Å². The zero-order chi connectivity index (χ0) is 17.1. The van der Waals surface area contributed by atoms with E-state index in [0.29, 0.717) is 44.2 Å². The van der Waals surface area contributed by atoms with Crippen LogP contribution in [0.25, 0.3) is 0 Å². The number of carbonyl (C=O) groups excluding carboxylic acids is 1. The van der Waals surface area contributed by atoms with E-state index in [1.165, 1.54) is 7.11 Å². The van der Waals surface area contributed by atoms with Gasteiger partial charge in [0, 0.05) is 38.7 Å². The minimum Gasteiger partial charge on any atom is -0.479 e. The normalized spacial score (nSPS) is 18.0. The van der Waals surface area contributed by atoms with Gasteiger partial charge in [-0.15, -0.1) is 0 Å². The molecule has 0 saturated carbocycles. The Balaban J connectivity index is 1.57. The molecule has 1 fully saturated rings. The van der Waals surface area contributed by atoms with E-state index in [1.807, 2.05) is 29.6 Å². The Kier molecular flexibility index (Phi) is 4.84. The maximum atomic E-state index is 12.5. The summed E-state index contributed by atoms with van der Waals surface area (Å²) in [4.78, 5) is 18.8. The number of aromatic nitrogens is 3. The fourth-order valence-corrected chi connectivity index (χ4v) is 2.86. The van der Waals surface area contributed by atoms with E-state index in [9.17, 15) is 4.79 Å². The van der Waals surface area contributed by atoms with Gasteiger partial charge in [0.1, 0.15) is 17.7 Å². The van der Waals surface area contributed by atoms with Gasteiger partial charge in [-0.05, 0) is 12.1 Å². The quantitative estimate of drug-likeness (QED) is 0.818. The molecule has 0 spiro atoms. The average Bonchev–Trinajstić information content (AvgIpc) is 3.18. The second kappa shape index (κ2) is 7.04. The Labute approximate surface area is 140 Å². The van der Waals surface area contributed by atoms with Gasteiger partial charge in [-0.3, -0.25) is 4.79 Å². The zero-order valence-electron chi connectivity index (χ0n) is 14.2. The topological polar surface area (TPSA) is 82.6 Å². The molecule has 0 radical (unpaired) electrons. The van der Waals surface area contributed by atoms with Crippen LogP contribution < -0.4 is 4.74 Å². The first-order chi connectivity index (χ1) is 11.6. The van der Waals surface area contributed by atoms with Gasteiger partial charge in [0.15, 0.2) is 0 Å². The molecule has 8 nitrogen and oxygen atoms in total. The largest absolute Gasteiger partial charge is 0.479 e. The van der Waals surface area contributed by atoms with Crippen LogP contribution >= 0.6 is 0 Å². The molecule has 1 atom stereocenters. The number of morpholine rings is 1. The summed E-state index contributed by atoms with van der Waals surface area (Å²) in [7, 11) is 3.47. The maximum absolute atomic E-state index is 12.5. The van der Waals surface area contributed by atoms with E-state index >= 15 is 0 Å². The van der Waals surface area contributed by atoms with Crippen molar-refractivity contribution in [1.29, 1.82) is 0 Å². The van der Waals surface area contributed by atoms with Gasteiger partial charge >= 0.3 is 0 Å². The molecule has 1 amide bonds. The number of hydrogen-bond acceptors (Lipinski definition) is 6. The van der Waals surface area contributed by atoms with Crippen molar-refractivity contribution >= 4 is 5.91 Å². The van der Waals surface area contributed by atoms with Crippen LogP contribution in [0.4, 0.5) is 0 Å².